The van der Waals surface area contributed by atoms with E-state index in [0.717, 1.165) is 11.4 Å². The van der Waals surface area contributed by atoms with Crippen molar-refractivity contribution in [1.29, 1.82) is 5.26 Å². The van der Waals surface area contributed by atoms with E-state index < -0.39 is 0 Å². The molecule has 1 heterocycles. The Morgan fingerprint density at radius 2 is 2.28 bits per heavy atom. The topological polar surface area (TPSA) is 70.8 Å². The van der Waals surface area contributed by atoms with Gasteiger partial charge in [0.2, 0.25) is 5.95 Å². The molecule has 0 unspecified atom stereocenters. The summed E-state index contributed by atoms with van der Waals surface area (Å²) in [6.45, 7) is 2.55. The van der Waals surface area contributed by atoms with Crippen LogP contribution in [0, 0.1) is 11.3 Å². The van der Waals surface area contributed by atoms with Crippen LogP contribution in [-0.2, 0) is 0 Å². The average Bonchev–Trinajstić information content (AvgIpc) is 2.40. The zero-order valence-corrected chi connectivity index (χ0v) is 9.92. The zero-order chi connectivity index (χ0) is 12.8. The molecule has 1 N–H and O–H groups in total. The molecule has 0 aliphatic carbocycles. The molecule has 0 amide bonds. The molecule has 0 fully saturated rings. The number of aromatic nitrogens is 2. The van der Waals surface area contributed by atoms with Crippen molar-refractivity contribution in [2.45, 2.75) is 6.92 Å². The number of hydrogen-bond donors (Lipinski definition) is 1. The summed E-state index contributed by atoms with van der Waals surface area (Å²) in [6.07, 6.45) is 1.54. The van der Waals surface area contributed by atoms with E-state index in [4.69, 9.17) is 10.00 Å². The standard InChI is InChI=1S/C13H12N4O/c1-2-18-12-5-3-4-10(8-12)16-13-15-7-6-11(9-14)17-13/h3-8H,2H2,1H3,(H,15,16,17). The van der Waals surface area contributed by atoms with Crippen molar-refractivity contribution >= 4 is 11.6 Å². The molecule has 5 nitrogen and oxygen atoms in total. The minimum absolute atomic E-state index is 0.327. The lowest BCUT2D eigenvalue weighted by atomic mass is 10.3. The van der Waals surface area contributed by atoms with Gasteiger partial charge in [0.25, 0.3) is 0 Å². The fraction of sp³-hybridized carbons (Fsp3) is 0.154. The zero-order valence-electron chi connectivity index (χ0n) is 9.92. The number of ether oxygens (including phenoxy) is 1. The molecule has 90 valence electrons. The first-order chi connectivity index (χ1) is 8.81. The highest BCUT2D eigenvalue weighted by molar-refractivity contribution is 5.56. The van der Waals surface area contributed by atoms with Crippen LogP contribution in [0.4, 0.5) is 11.6 Å². The van der Waals surface area contributed by atoms with Crippen molar-refractivity contribution in [3.63, 3.8) is 0 Å². The Balaban J connectivity index is 2.18. The molecule has 0 atom stereocenters. The van der Waals surface area contributed by atoms with E-state index in [1.807, 2.05) is 37.3 Å². The Hall–Kier alpha value is -2.61. The van der Waals surface area contributed by atoms with Gasteiger partial charge in [-0.3, -0.25) is 0 Å². The highest BCUT2D eigenvalue weighted by Gasteiger charge is 2.00. The summed E-state index contributed by atoms with van der Waals surface area (Å²) in [5, 5.41) is 11.8. The summed E-state index contributed by atoms with van der Waals surface area (Å²) in [5.74, 6) is 1.17. The van der Waals surface area contributed by atoms with Crippen molar-refractivity contribution in [1.82, 2.24) is 9.97 Å². The lowest BCUT2D eigenvalue weighted by molar-refractivity contribution is 0.340. The Bertz CT molecular complexity index is 577. The number of hydrogen-bond acceptors (Lipinski definition) is 5. The van der Waals surface area contributed by atoms with Crippen LogP contribution in [0.2, 0.25) is 0 Å². The maximum absolute atomic E-state index is 8.75. The Labute approximate surface area is 105 Å². The third kappa shape index (κ3) is 2.95. The molecule has 0 saturated carbocycles. The molecule has 0 spiro atoms. The van der Waals surface area contributed by atoms with Gasteiger partial charge < -0.3 is 10.1 Å². The molecule has 2 rings (SSSR count). The van der Waals surface area contributed by atoms with Gasteiger partial charge in [-0.2, -0.15) is 5.26 Å². The smallest absolute Gasteiger partial charge is 0.228 e. The number of nitrogens with one attached hydrogen (secondary N) is 1. The maximum Gasteiger partial charge on any atom is 0.228 e. The van der Waals surface area contributed by atoms with Gasteiger partial charge in [0.05, 0.1) is 6.61 Å². The molecule has 1 aromatic heterocycles. The monoisotopic (exact) mass is 240 g/mol. The Morgan fingerprint density at radius 3 is 3.06 bits per heavy atom. The van der Waals surface area contributed by atoms with Gasteiger partial charge in [-0.25, -0.2) is 9.97 Å². The number of anilines is 2. The summed E-state index contributed by atoms with van der Waals surface area (Å²) in [6, 6.07) is 11.0. The van der Waals surface area contributed by atoms with Crippen LogP contribution in [0.3, 0.4) is 0 Å². The molecular weight excluding hydrogens is 228 g/mol. The van der Waals surface area contributed by atoms with Crippen molar-refractivity contribution in [3.8, 4) is 11.8 Å². The number of nitriles is 1. The largest absolute Gasteiger partial charge is 0.494 e. The number of nitrogens with zero attached hydrogens (tertiary/aromatic N) is 3. The SMILES string of the molecule is CCOc1cccc(Nc2nccc(C#N)n2)c1. The van der Waals surface area contributed by atoms with Crippen molar-refractivity contribution < 1.29 is 4.74 Å². The van der Waals surface area contributed by atoms with Gasteiger partial charge in [-0.15, -0.1) is 0 Å². The molecule has 0 saturated heterocycles. The third-order valence-corrected chi connectivity index (χ3v) is 2.17. The van der Waals surface area contributed by atoms with Crippen molar-refractivity contribution in [2.24, 2.45) is 0 Å². The van der Waals surface area contributed by atoms with E-state index in [2.05, 4.69) is 15.3 Å². The molecule has 18 heavy (non-hydrogen) atoms. The molecule has 0 aliphatic heterocycles. The molecule has 0 radical (unpaired) electrons. The second-order valence-corrected chi connectivity index (χ2v) is 3.46. The van der Waals surface area contributed by atoms with Crippen LogP contribution in [0.1, 0.15) is 12.6 Å². The highest BCUT2D eigenvalue weighted by Crippen LogP contribution is 2.19. The van der Waals surface area contributed by atoms with Gasteiger partial charge in [0.15, 0.2) is 0 Å². The normalized spacial score (nSPS) is 9.56. The fourth-order valence-corrected chi connectivity index (χ4v) is 1.44. The van der Waals surface area contributed by atoms with Gasteiger partial charge in [0, 0.05) is 18.0 Å². The third-order valence-electron chi connectivity index (χ3n) is 2.17. The second-order valence-electron chi connectivity index (χ2n) is 3.46. The van der Waals surface area contributed by atoms with Crippen LogP contribution < -0.4 is 10.1 Å². The molecule has 0 bridgehead atoms. The predicted octanol–water partition coefficient (Wildman–Crippen LogP) is 2.49. The first-order valence-corrected chi connectivity index (χ1v) is 5.55. The summed E-state index contributed by atoms with van der Waals surface area (Å²) >= 11 is 0. The van der Waals surface area contributed by atoms with Gasteiger partial charge in [-0.05, 0) is 25.1 Å². The van der Waals surface area contributed by atoms with E-state index in [9.17, 15) is 0 Å². The van der Waals surface area contributed by atoms with Gasteiger partial charge in [-0.1, -0.05) is 6.07 Å². The van der Waals surface area contributed by atoms with E-state index in [-0.39, 0.29) is 0 Å². The van der Waals surface area contributed by atoms with Crippen LogP contribution in [0.5, 0.6) is 5.75 Å². The molecule has 1 aromatic carbocycles. The van der Waals surface area contributed by atoms with E-state index in [1.165, 1.54) is 0 Å². The van der Waals surface area contributed by atoms with Crippen molar-refractivity contribution in [3.05, 3.63) is 42.2 Å². The van der Waals surface area contributed by atoms with Crippen LogP contribution >= 0.6 is 0 Å². The summed E-state index contributed by atoms with van der Waals surface area (Å²) in [7, 11) is 0. The molecule has 0 aliphatic rings. The predicted molar refractivity (Wildman–Crippen MR) is 67.6 cm³/mol. The van der Waals surface area contributed by atoms with Crippen molar-refractivity contribution in [2.75, 3.05) is 11.9 Å². The average molecular weight is 240 g/mol. The number of rotatable bonds is 4. The second kappa shape index (κ2) is 5.64. The number of benzene rings is 1. The van der Waals surface area contributed by atoms with Gasteiger partial charge >= 0.3 is 0 Å². The van der Waals surface area contributed by atoms with Crippen LogP contribution in [0.15, 0.2) is 36.5 Å². The lowest BCUT2D eigenvalue weighted by Crippen LogP contribution is -1.98. The molecule has 2 aromatic rings. The maximum atomic E-state index is 8.75. The lowest BCUT2D eigenvalue weighted by Gasteiger charge is -2.07. The van der Waals surface area contributed by atoms with E-state index in [1.54, 1.807) is 12.3 Å². The first kappa shape index (κ1) is 11.9. The minimum atomic E-state index is 0.327. The summed E-state index contributed by atoms with van der Waals surface area (Å²) < 4.78 is 5.40. The summed E-state index contributed by atoms with van der Waals surface area (Å²) in [4.78, 5) is 8.08. The first-order valence-electron chi connectivity index (χ1n) is 5.55. The molecular formula is C13H12N4O. The van der Waals surface area contributed by atoms with E-state index in [0.29, 0.717) is 18.2 Å². The quantitative estimate of drug-likeness (QED) is 0.889. The van der Waals surface area contributed by atoms with E-state index >= 15 is 0 Å². The molecule has 5 heteroatoms. The van der Waals surface area contributed by atoms with Crippen LogP contribution in [0.25, 0.3) is 0 Å². The van der Waals surface area contributed by atoms with Gasteiger partial charge in [0.1, 0.15) is 17.5 Å². The Kier molecular flexibility index (Phi) is 3.72. The Morgan fingerprint density at radius 1 is 1.39 bits per heavy atom. The minimum Gasteiger partial charge on any atom is -0.494 e. The fourth-order valence-electron chi connectivity index (χ4n) is 1.44. The highest BCUT2D eigenvalue weighted by atomic mass is 16.5. The summed E-state index contributed by atoms with van der Waals surface area (Å²) in [5.41, 5.74) is 1.14. The van der Waals surface area contributed by atoms with Crippen LogP contribution in [-0.4, -0.2) is 16.6 Å².